The van der Waals surface area contributed by atoms with Crippen molar-refractivity contribution in [3.63, 3.8) is 0 Å². The Morgan fingerprint density at radius 1 is 1.24 bits per heavy atom. The fourth-order valence-electron chi connectivity index (χ4n) is 2.07. The van der Waals surface area contributed by atoms with E-state index in [1.54, 1.807) is 6.07 Å². The molecular formula is C14H17BrFN5. The fraction of sp³-hybridized carbons (Fsp3) is 0.286. The molecule has 1 aromatic carbocycles. The van der Waals surface area contributed by atoms with Gasteiger partial charge in [0.05, 0.1) is 4.47 Å². The number of nitrogens with two attached hydrogens (primary N) is 1. The molecule has 0 aliphatic rings. The number of hydrazine groups is 1. The zero-order chi connectivity index (χ0) is 15.6. The van der Waals surface area contributed by atoms with Crippen LogP contribution < -0.4 is 16.6 Å². The number of hydrogen-bond acceptors (Lipinski definition) is 5. The van der Waals surface area contributed by atoms with Gasteiger partial charge in [-0.2, -0.15) is 0 Å². The lowest BCUT2D eigenvalue weighted by Crippen LogP contribution is -2.14. The molecule has 0 bridgehead atoms. The highest BCUT2D eigenvalue weighted by atomic mass is 79.9. The van der Waals surface area contributed by atoms with Crippen LogP contribution in [-0.4, -0.2) is 9.97 Å². The normalized spacial score (nSPS) is 10.8. The summed E-state index contributed by atoms with van der Waals surface area (Å²) in [6.45, 7) is 5.92. The smallest absolute Gasteiger partial charge is 0.148 e. The number of anilines is 3. The number of halogens is 2. The minimum Gasteiger partial charge on any atom is -0.340 e. The standard InChI is InChI=1S/C14H17BrFN5/c1-7(2)12-13(18-6-19-14(12)21-17)20-11-5-10(16)9(15)4-8(11)3/h4-7H,17H2,1-3H3,(H2,18,19,20,21). The maximum Gasteiger partial charge on any atom is 0.148 e. The van der Waals surface area contributed by atoms with Crippen LogP contribution in [0.2, 0.25) is 0 Å². The molecule has 0 unspecified atom stereocenters. The summed E-state index contributed by atoms with van der Waals surface area (Å²) >= 11 is 3.17. The topological polar surface area (TPSA) is 75.9 Å². The molecule has 0 saturated carbocycles. The van der Waals surface area contributed by atoms with Crippen molar-refractivity contribution in [2.24, 2.45) is 5.84 Å². The summed E-state index contributed by atoms with van der Waals surface area (Å²) in [6, 6.07) is 3.15. The quantitative estimate of drug-likeness (QED) is 0.575. The van der Waals surface area contributed by atoms with Gasteiger partial charge in [-0.05, 0) is 46.5 Å². The number of nitrogens with one attached hydrogen (secondary N) is 2. The highest BCUT2D eigenvalue weighted by molar-refractivity contribution is 9.10. The molecule has 2 rings (SSSR count). The number of aryl methyl sites for hydroxylation is 1. The van der Waals surface area contributed by atoms with Crippen molar-refractivity contribution in [2.45, 2.75) is 26.7 Å². The Hall–Kier alpha value is -1.73. The van der Waals surface area contributed by atoms with E-state index < -0.39 is 0 Å². The molecule has 112 valence electrons. The SMILES string of the molecule is Cc1cc(Br)c(F)cc1Nc1ncnc(NN)c1C(C)C. The Labute approximate surface area is 131 Å². The van der Waals surface area contributed by atoms with Gasteiger partial charge in [-0.25, -0.2) is 20.2 Å². The highest BCUT2D eigenvalue weighted by Crippen LogP contribution is 2.32. The van der Waals surface area contributed by atoms with Gasteiger partial charge in [0.1, 0.15) is 23.8 Å². The third-order valence-electron chi connectivity index (χ3n) is 3.12. The molecule has 0 radical (unpaired) electrons. The van der Waals surface area contributed by atoms with E-state index in [2.05, 4.69) is 36.6 Å². The Morgan fingerprint density at radius 3 is 2.52 bits per heavy atom. The second kappa shape index (κ2) is 6.36. The molecule has 0 amide bonds. The molecular weight excluding hydrogens is 337 g/mol. The van der Waals surface area contributed by atoms with Crippen LogP contribution in [0, 0.1) is 12.7 Å². The number of rotatable bonds is 4. The predicted molar refractivity (Wildman–Crippen MR) is 86.1 cm³/mol. The average Bonchev–Trinajstić information content (AvgIpc) is 2.44. The molecule has 0 aliphatic carbocycles. The molecule has 4 N–H and O–H groups in total. The van der Waals surface area contributed by atoms with Crippen molar-refractivity contribution in [3.05, 3.63) is 39.9 Å². The summed E-state index contributed by atoms with van der Waals surface area (Å²) in [5, 5.41) is 3.16. The largest absolute Gasteiger partial charge is 0.340 e. The fourth-order valence-corrected chi connectivity index (χ4v) is 2.52. The van der Waals surface area contributed by atoms with Crippen LogP contribution in [0.5, 0.6) is 0 Å². The van der Waals surface area contributed by atoms with Gasteiger partial charge in [0.15, 0.2) is 0 Å². The number of aromatic nitrogens is 2. The molecule has 0 aliphatic heterocycles. The Kier molecular flexibility index (Phi) is 4.74. The first-order valence-electron chi connectivity index (χ1n) is 6.48. The van der Waals surface area contributed by atoms with E-state index in [0.717, 1.165) is 11.1 Å². The van der Waals surface area contributed by atoms with Crippen LogP contribution in [0.3, 0.4) is 0 Å². The van der Waals surface area contributed by atoms with Gasteiger partial charge in [-0.15, -0.1) is 0 Å². The lowest BCUT2D eigenvalue weighted by atomic mass is 10.0. The summed E-state index contributed by atoms with van der Waals surface area (Å²) in [7, 11) is 0. The first-order chi connectivity index (χ1) is 9.93. The molecule has 0 atom stereocenters. The number of nitrogen functional groups attached to an aromatic ring is 1. The Bertz CT molecular complexity index is 660. The first-order valence-corrected chi connectivity index (χ1v) is 7.27. The zero-order valence-electron chi connectivity index (χ0n) is 12.0. The van der Waals surface area contributed by atoms with Gasteiger partial charge < -0.3 is 10.7 Å². The van der Waals surface area contributed by atoms with Crippen molar-refractivity contribution in [1.82, 2.24) is 9.97 Å². The van der Waals surface area contributed by atoms with Gasteiger partial charge >= 0.3 is 0 Å². The molecule has 0 saturated heterocycles. The van der Waals surface area contributed by atoms with Crippen molar-refractivity contribution < 1.29 is 4.39 Å². The minimum absolute atomic E-state index is 0.153. The lowest BCUT2D eigenvalue weighted by Gasteiger charge is -2.17. The van der Waals surface area contributed by atoms with Crippen LogP contribution in [0.1, 0.15) is 30.9 Å². The summed E-state index contributed by atoms with van der Waals surface area (Å²) in [6.07, 6.45) is 1.41. The van der Waals surface area contributed by atoms with Crippen molar-refractivity contribution in [1.29, 1.82) is 0 Å². The van der Waals surface area contributed by atoms with Gasteiger partial charge in [-0.1, -0.05) is 13.8 Å². The van der Waals surface area contributed by atoms with E-state index in [0.29, 0.717) is 21.8 Å². The van der Waals surface area contributed by atoms with Gasteiger partial charge in [0, 0.05) is 11.3 Å². The van der Waals surface area contributed by atoms with E-state index in [1.165, 1.54) is 12.4 Å². The highest BCUT2D eigenvalue weighted by Gasteiger charge is 2.15. The molecule has 0 spiro atoms. The molecule has 7 heteroatoms. The number of hydrogen-bond donors (Lipinski definition) is 3. The number of nitrogens with zero attached hydrogens (tertiary/aromatic N) is 2. The van der Waals surface area contributed by atoms with Crippen LogP contribution in [0.15, 0.2) is 22.9 Å². The lowest BCUT2D eigenvalue weighted by molar-refractivity contribution is 0.621. The van der Waals surface area contributed by atoms with E-state index in [4.69, 9.17) is 5.84 Å². The Balaban J connectivity index is 2.47. The van der Waals surface area contributed by atoms with E-state index in [1.807, 2.05) is 20.8 Å². The molecule has 5 nitrogen and oxygen atoms in total. The van der Waals surface area contributed by atoms with Crippen LogP contribution in [0.25, 0.3) is 0 Å². The van der Waals surface area contributed by atoms with Gasteiger partial charge in [-0.3, -0.25) is 0 Å². The summed E-state index contributed by atoms with van der Waals surface area (Å²) in [5.74, 6) is 6.47. The maximum atomic E-state index is 13.7. The van der Waals surface area contributed by atoms with Crippen LogP contribution >= 0.6 is 15.9 Å². The molecule has 1 aromatic heterocycles. The average molecular weight is 354 g/mol. The minimum atomic E-state index is -0.333. The van der Waals surface area contributed by atoms with Gasteiger partial charge in [0.2, 0.25) is 0 Å². The van der Waals surface area contributed by atoms with Crippen LogP contribution in [0.4, 0.5) is 21.7 Å². The molecule has 1 heterocycles. The van der Waals surface area contributed by atoms with Crippen LogP contribution in [-0.2, 0) is 0 Å². The maximum absolute atomic E-state index is 13.7. The van der Waals surface area contributed by atoms with Crippen molar-refractivity contribution >= 4 is 33.3 Å². The van der Waals surface area contributed by atoms with E-state index >= 15 is 0 Å². The molecule has 0 fully saturated rings. The summed E-state index contributed by atoms with van der Waals surface area (Å²) in [5.41, 5.74) is 4.97. The first kappa shape index (κ1) is 15.7. The predicted octanol–water partition coefficient (Wildman–Crippen LogP) is 3.84. The zero-order valence-corrected chi connectivity index (χ0v) is 13.6. The summed E-state index contributed by atoms with van der Waals surface area (Å²) in [4.78, 5) is 8.35. The van der Waals surface area contributed by atoms with Crippen molar-refractivity contribution in [3.8, 4) is 0 Å². The van der Waals surface area contributed by atoms with E-state index in [-0.39, 0.29) is 11.7 Å². The third-order valence-corrected chi connectivity index (χ3v) is 3.73. The van der Waals surface area contributed by atoms with E-state index in [9.17, 15) is 4.39 Å². The Morgan fingerprint density at radius 2 is 1.90 bits per heavy atom. The molecule has 2 aromatic rings. The summed E-state index contributed by atoms with van der Waals surface area (Å²) < 4.78 is 14.1. The van der Waals surface area contributed by atoms with Gasteiger partial charge in [0.25, 0.3) is 0 Å². The van der Waals surface area contributed by atoms with Crippen molar-refractivity contribution in [2.75, 3.05) is 10.7 Å². The second-order valence-corrected chi connectivity index (χ2v) is 5.84. The molecule has 21 heavy (non-hydrogen) atoms. The number of benzene rings is 1. The monoisotopic (exact) mass is 353 g/mol. The third kappa shape index (κ3) is 3.30. The second-order valence-electron chi connectivity index (χ2n) is 4.99.